The molecule has 0 aliphatic heterocycles. The predicted octanol–water partition coefficient (Wildman–Crippen LogP) is 5.38. The molecule has 2 nitrogen and oxygen atoms in total. The Kier molecular flexibility index (Phi) is 4.86. The smallest absolute Gasteiger partial charge is 0.112 e. The number of thiazole rings is 1. The van der Waals surface area contributed by atoms with E-state index in [2.05, 4.69) is 72.5 Å². The minimum atomic E-state index is 0.126. The van der Waals surface area contributed by atoms with Gasteiger partial charge in [0.2, 0.25) is 0 Å². The Hall–Kier alpha value is -0.870. The molecule has 0 radical (unpaired) electrons. The molecule has 2 rings (SSSR count). The SMILES string of the molecule is CCc1cc(Br)ccc1NCc1nc(C(C)(C)C)cs1. The maximum absolute atomic E-state index is 4.72. The summed E-state index contributed by atoms with van der Waals surface area (Å²) in [6.45, 7) is 9.55. The summed E-state index contributed by atoms with van der Waals surface area (Å²) in [7, 11) is 0. The first-order valence-electron chi connectivity index (χ1n) is 6.87. The number of halogens is 1. The van der Waals surface area contributed by atoms with Gasteiger partial charge >= 0.3 is 0 Å². The van der Waals surface area contributed by atoms with E-state index in [1.165, 1.54) is 16.9 Å². The lowest BCUT2D eigenvalue weighted by atomic mass is 9.93. The van der Waals surface area contributed by atoms with Crippen LogP contribution in [0.4, 0.5) is 5.69 Å². The number of hydrogen-bond donors (Lipinski definition) is 1. The summed E-state index contributed by atoms with van der Waals surface area (Å²) in [6.07, 6.45) is 1.02. The standard InChI is InChI=1S/C16H21BrN2S/c1-5-11-8-12(17)6-7-13(11)18-9-15-19-14(10-20-15)16(2,3)4/h6-8,10,18H,5,9H2,1-4H3. The Morgan fingerprint density at radius 1 is 1.30 bits per heavy atom. The second-order valence-electron chi connectivity index (χ2n) is 5.89. The summed E-state index contributed by atoms with van der Waals surface area (Å²) in [5.74, 6) is 0. The fourth-order valence-electron chi connectivity index (χ4n) is 1.93. The van der Waals surface area contributed by atoms with Crippen molar-refractivity contribution in [2.24, 2.45) is 0 Å². The second kappa shape index (κ2) is 6.27. The Morgan fingerprint density at radius 2 is 2.05 bits per heavy atom. The maximum atomic E-state index is 4.72. The molecule has 0 aliphatic rings. The van der Waals surface area contributed by atoms with Crippen molar-refractivity contribution in [3.63, 3.8) is 0 Å². The normalized spacial score (nSPS) is 11.7. The molecule has 1 aromatic heterocycles. The third-order valence-corrected chi connectivity index (χ3v) is 4.54. The van der Waals surface area contributed by atoms with Gasteiger partial charge in [0, 0.05) is 21.0 Å². The van der Waals surface area contributed by atoms with Crippen LogP contribution in [0.2, 0.25) is 0 Å². The average Bonchev–Trinajstić information content (AvgIpc) is 2.86. The maximum Gasteiger partial charge on any atom is 0.112 e. The van der Waals surface area contributed by atoms with Gasteiger partial charge in [-0.3, -0.25) is 0 Å². The highest BCUT2D eigenvalue weighted by Gasteiger charge is 2.17. The van der Waals surface area contributed by atoms with Gasteiger partial charge in [-0.25, -0.2) is 4.98 Å². The molecule has 1 aromatic carbocycles. The van der Waals surface area contributed by atoms with E-state index in [4.69, 9.17) is 4.98 Å². The zero-order chi connectivity index (χ0) is 14.8. The molecule has 0 saturated carbocycles. The summed E-state index contributed by atoms with van der Waals surface area (Å²) < 4.78 is 1.13. The highest BCUT2D eigenvalue weighted by Crippen LogP contribution is 2.25. The van der Waals surface area contributed by atoms with E-state index in [0.29, 0.717) is 0 Å². The van der Waals surface area contributed by atoms with E-state index < -0.39 is 0 Å². The first-order valence-corrected chi connectivity index (χ1v) is 8.54. The number of benzene rings is 1. The lowest BCUT2D eigenvalue weighted by Gasteiger charge is -2.14. The molecule has 0 unspecified atom stereocenters. The van der Waals surface area contributed by atoms with E-state index in [1.807, 2.05) is 0 Å². The summed E-state index contributed by atoms with van der Waals surface area (Å²) in [6, 6.07) is 6.37. The summed E-state index contributed by atoms with van der Waals surface area (Å²) in [5.41, 5.74) is 3.82. The van der Waals surface area contributed by atoms with Crippen LogP contribution >= 0.6 is 27.3 Å². The van der Waals surface area contributed by atoms with Crippen molar-refractivity contribution in [2.45, 2.75) is 46.1 Å². The number of aromatic nitrogens is 1. The van der Waals surface area contributed by atoms with Crippen LogP contribution in [-0.2, 0) is 18.4 Å². The van der Waals surface area contributed by atoms with Gasteiger partial charge in [0.05, 0.1) is 12.2 Å². The van der Waals surface area contributed by atoms with Crippen molar-refractivity contribution in [2.75, 3.05) is 5.32 Å². The molecule has 2 aromatic rings. The van der Waals surface area contributed by atoms with Crippen LogP contribution in [0.1, 0.15) is 44.0 Å². The third kappa shape index (κ3) is 3.83. The molecule has 0 spiro atoms. The molecular weight excluding hydrogens is 332 g/mol. The largest absolute Gasteiger partial charge is 0.378 e. The van der Waals surface area contributed by atoms with Gasteiger partial charge < -0.3 is 5.32 Å². The zero-order valence-corrected chi connectivity index (χ0v) is 14.9. The molecule has 0 aliphatic carbocycles. The lowest BCUT2D eigenvalue weighted by Crippen LogP contribution is -2.12. The molecule has 1 heterocycles. The van der Waals surface area contributed by atoms with Crippen molar-refractivity contribution in [1.29, 1.82) is 0 Å². The Morgan fingerprint density at radius 3 is 2.65 bits per heavy atom. The van der Waals surface area contributed by atoms with Gasteiger partial charge in [-0.1, -0.05) is 43.6 Å². The zero-order valence-electron chi connectivity index (χ0n) is 12.5. The lowest BCUT2D eigenvalue weighted by molar-refractivity contribution is 0.571. The van der Waals surface area contributed by atoms with Crippen LogP contribution in [0.15, 0.2) is 28.1 Å². The fraction of sp³-hybridized carbons (Fsp3) is 0.438. The number of nitrogens with zero attached hydrogens (tertiary/aromatic N) is 1. The third-order valence-electron chi connectivity index (χ3n) is 3.20. The number of anilines is 1. The summed E-state index contributed by atoms with van der Waals surface area (Å²) in [5, 5.41) is 6.80. The van der Waals surface area contributed by atoms with E-state index in [1.54, 1.807) is 11.3 Å². The van der Waals surface area contributed by atoms with Crippen LogP contribution in [0.5, 0.6) is 0 Å². The molecule has 20 heavy (non-hydrogen) atoms. The van der Waals surface area contributed by atoms with Gasteiger partial charge in [-0.15, -0.1) is 11.3 Å². The van der Waals surface area contributed by atoms with Gasteiger partial charge in [0.25, 0.3) is 0 Å². The van der Waals surface area contributed by atoms with Crippen molar-refractivity contribution in [1.82, 2.24) is 4.98 Å². The number of aryl methyl sites for hydroxylation is 1. The molecule has 0 atom stereocenters. The molecule has 0 amide bonds. The van der Waals surface area contributed by atoms with Crippen LogP contribution in [-0.4, -0.2) is 4.98 Å². The monoisotopic (exact) mass is 352 g/mol. The first kappa shape index (κ1) is 15.5. The second-order valence-corrected chi connectivity index (χ2v) is 7.74. The minimum Gasteiger partial charge on any atom is -0.378 e. The van der Waals surface area contributed by atoms with E-state index in [0.717, 1.165) is 22.4 Å². The van der Waals surface area contributed by atoms with Gasteiger partial charge in [0.1, 0.15) is 5.01 Å². The van der Waals surface area contributed by atoms with Gasteiger partial charge in [-0.05, 0) is 30.2 Å². The molecule has 108 valence electrons. The number of rotatable bonds is 4. The highest BCUT2D eigenvalue weighted by atomic mass is 79.9. The minimum absolute atomic E-state index is 0.126. The molecule has 1 N–H and O–H groups in total. The van der Waals surface area contributed by atoms with Gasteiger partial charge in [0.15, 0.2) is 0 Å². The fourth-order valence-corrected chi connectivity index (χ4v) is 3.30. The first-order chi connectivity index (χ1) is 9.40. The summed E-state index contributed by atoms with van der Waals surface area (Å²) >= 11 is 5.25. The van der Waals surface area contributed by atoms with E-state index in [-0.39, 0.29) is 5.41 Å². The van der Waals surface area contributed by atoms with Crippen LogP contribution < -0.4 is 5.32 Å². The van der Waals surface area contributed by atoms with Gasteiger partial charge in [-0.2, -0.15) is 0 Å². The Bertz CT molecular complexity index is 584. The number of hydrogen-bond acceptors (Lipinski definition) is 3. The van der Waals surface area contributed by atoms with Crippen LogP contribution in [0.25, 0.3) is 0 Å². The number of nitrogens with one attached hydrogen (secondary N) is 1. The van der Waals surface area contributed by atoms with Crippen molar-refractivity contribution in [3.8, 4) is 0 Å². The Balaban J connectivity index is 2.07. The molecule has 0 saturated heterocycles. The van der Waals surface area contributed by atoms with Crippen molar-refractivity contribution >= 4 is 33.0 Å². The molecular formula is C16H21BrN2S. The van der Waals surface area contributed by atoms with Crippen molar-refractivity contribution < 1.29 is 0 Å². The molecule has 0 bridgehead atoms. The van der Waals surface area contributed by atoms with Crippen LogP contribution in [0, 0.1) is 0 Å². The van der Waals surface area contributed by atoms with Crippen LogP contribution in [0.3, 0.4) is 0 Å². The predicted molar refractivity (Wildman–Crippen MR) is 91.7 cm³/mol. The van der Waals surface area contributed by atoms with Crippen molar-refractivity contribution in [3.05, 3.63) is 44.3 Å². The molecule has 0 fully saturated rings. The Labute approximate surface area is 133 Å². The van der Waals surface area contributed by atoms with E-state index in [9.17, 15) is 0 Å². The van der Waals surface area contributed by atoms with E-state index >= 15 is 0 Å². The topological polar surface area (TPSA) is 24.9 Å². The highest BCUT2D eigenvalue weighted by molar-refractivity contribution is 9.10. The average molecular weight is 353 g/mol. The quantitative estimate of drug-likeness (QED) is 0.798. The molecule has 4 heteroatoms. The summed E-state index contributed by atoms with van der Waals surface area (Å²) in [4.78, 5) is 4.72.